The van der Waals surface area contributed by atoms with Crippen molar-refractivity contribution in [3.63, 3.8) is 0 Å². The fourth-order valence-electron chi connectivity index (χ4n) is 3.89. The Morgan fingerprint density at radius 1 is 1.06 bits per heavy atom. The lowest BCUT2D eigenvalue weighted by atomic mass is 10.2. The monoisotopic (exact) mass is 460 g/mol. The summed E-state index contributed by atoms with van der Waals surface area (Å²) in [6.07, 6.45) is 4.06. The van der Waals surface area contributed by atoms with Crippen molar-refractivity contribution in [2.45, 2.75) is 25.2 Å². The molecule has 3 heterocycles. The zero-order chi connectivity index (χ0) is 22.9. The Morgan fingerprint density at radius 3 is 2.41 bits per heavy atom. The first kappa shape index (κ1) is 22.3. The summed E-state index contributed by atoms with van der Waals surface area (Å²) in [6.45, 7) is 6.03. The lowest BCUT2D eigenvalue weighted by molar-refractivity contribution is -0.127. The third kappa shape index (κ3) is 4.37. The minimum atomic E-state index is -3.69. The number of piperazine rings is 1. The smallest absolute Gasteiger partial charge is 0.246 e. The van der Waals surface area contributed by atoms with Gasteiger partial charge in [0, 0.05) is 63.0 Å². The predicted octanol–water partition coefficient (Wildman–Crippen LogP) is 1.74. The van der Waals surface area contributed by atoms with E-state index < -0.39 is 10.0 Å². The van der Waals surface area contributed by atoms with Gasteiger partial charge in [0.1, 0.15) is 0 Å². The number of carbonyl (C=O) groups excluding carboxylic acids is 1. The zero-order valence-electron chi connectivity index (χ0n) is 18.6. The Balaban J connectivity index is 1.41. The van der Waals surface area contributed by atoms with Gasteiger partial charge in [0.05, 0.1) is 23.8 Å². The molecule has 32 heavy (non-hydrogen) atoms. The van der Waals surface area contributed by atoms with Crippen molar-refractivity contribution >= 4 is 22.0 Å². The summed E-state index contributed by atoms with van der Waals surface area (Å²) in [6, 6.07) is 4.71. The molecule has 0 aliphatic carbocycles. The number of hydrogen-bond donors (Lipinski definition) is 0. The van der Waals surface area contributed by atoms with E-state index >= 15 is 0 Å². The molecule has 1 amide bonds. The highest BCUT2D eigenvalue weighted by Crippen LogP contribution is 2.33. The summed E-state index contributed by atoms with van der Waals surface area (Å²) in [5, 5.41) is 4.35. The van der Waals surface area contributed by atoms with Gasteiger partial charge in [0.2, 0.25) is 15.9 Å². The quantitative estimate of drug-likeness (QED) is 0.646. The van der Waals surface area contributed by atoms with Crippen LogP contribution in [-0.2, 0) is 21.9 Å². The van der Waals surface area contributed by atoms with Crippen LogP contribution < -0.4 is 9.47 Å². The van der Waals surface area contributed by atoms with Gasteiger partial charge in [-0.05, 0) is 32.1 Å². The first-order chi connectivity index (χ1) is 15.3. The topological polar surface area (TPSA) is 94.0 Å². The van der Waals surface area contributed by atoms with E-state index in [1.165, 1.54) is 16.4 Å². The number of benzene rings is 1. The van der Waals surface area contributed by atoms with E-state index in [0.29, 0.717) is 37.8 Å². The summed E-state index contributed by atoms with van der Waals surface area (Å²) in [5.41, 5.74) is 2.77. The zero-order valence-corrected chi connectivity index (χ0v) is 19.4. The second-order valence-electron chi connectivity index (χ2n) is 7.93. The van der Waals surface area contributed by atoms with Crippen LogP contribution in [0.15, 0.2) is 29.2 Å². The van der Waals surface area contributed by atoms with Gasteiger partial charge in [-0.25, -0.2) is 8.42 Å². The Bertz CT molecular complexity index is 1150. The Morgan fingerprint density at radius 2 is 1.75 bits per heavy atom. The molecule has 9 nitrogen and oxygen atoms in total. The Kier molecular flexibility index (Phi) is 6.25. The van der Waals surface area contributed by atoms with E-state index in [9.17, 15) is 13.2 Å². The first-order valence-corrected chi connectivity index (χ1v) is 12.1. The largest absolute Gasteiger partial charge is 0.490 e. The molecule has 2 aliphatic heterocycles. The molecule has 0 bridgehead atoms. The number of sulfonamides is 1. The molecule has 2 aliphatic rings. The van der Waals surface area contributed by atoms with E-state index in [-0.39, 0.29) is 23.9 Å². The van der Waals surface area contributed by atoms with Gasteiger partial charge in [-0.1, -0.05) is 0 Å². The molecule has 0 N–H and O–H groups in total. The second-order valence-corrected chi connectivity index (χ2v) is 9.87. The predicted molar refractivity (Wildman–Crippen MR) is 119 cm³/mol. The lowest BCUT2D eigenvalue weighted by Crippen LogP contribution is -2.50. The minimum absolute atomic E-state index is 0.139. The molecule has 4 rings (SSSR count). The molecular formula is C22H28N4O5S. The highest BCUT2D eigenvalue weighted by Gasteiger charge is 2.30. The number of rotatable bonds is 4. The summed E-state index contributed by atoms with van der Waals surface area (Å²) >= 11 is 0. The maximum atomic E-state index is 13.1. The van der Waals surface area contributed by atoms with Crippen LogP contribution in [0.3, 0.4) is 0 Å². The van der Waals surface area contributed by atoms with Crippen molar-refractivity contribution in [1.29, 1.82) is 0 Å². The van der Waals surface area contributed by atoms with E-state index in [1.54, 1.807) is 27.8 Å². The average Bonchev–Trinajstić information content (AvgIpc) is 2.94. The van der Waals surface area contributed by atoms with Crippen molar-refractivity contribution in [2.75, 3.05) is 39.4 Å². The maximum absolute atomic E-state index is 13.1. The normalized spacial score (nSPS) is 17.5. The van der Waals surface area contributed by atoms with Crippen LogP contribution in [0.4, 0.5) is 0 Å². The van der Waals surface area contributed by atoms with Crippen LogP contribution in [0, 0.1) is 13.8 Å². The third-order valence-electron chi connectivity index (χ3n) is 5.86. The second kappa shape index (κ2) is 8.95. The van der Waals surface area contributed by atoms with Gasteiger partial charge in [-0.2, -0.15) is 9.40 Å². The molecule has 0 saturated carbocycles. The molecule has 1 aromatic carbocycles. The molecule has 0 unspecified atom stereocenters. The van der Waals surface area contributed by atoms with Gasteiger partial charge in [-0.15, -0.1) is 0 Å². The molecule has 1 fully saturated rings. The van der Waals surface area contributed by atoms with Crippen molar-refractivity contribution in [3.8, 4) is 11.5 Å². The number of nitrogens with zero attached hydrogens (tertiary/aromatic N) is 4. The van der Waals surface area contributed by atoms with Gasteiger partial charge in [0.25, 0.3) is 0 Å². The summed E-state index contributed by atoms with van der Waals surface area (Å²) < 4.78 is 40.7. The molecule has 0 radical (unpaired) electrons. The number of amides is 1. The van der Waals surface area contributed by atoms with Crippen molar-refractivity contribution < 1.29 is 22.7 Å². The summed E-state index contributed by atoms with van der Waals surface area (Å²) in [7, 11) is -1.82. The van der Waals surface area contributed by atoms with E-state index in [2.05, 4.69) is 5.10 Å². The number of aromatic nitrogens is 2. The van der Waals surface area contributed by atoms with Crippen LogP contribution in [0.1, 0.15) is 23.4 Å². The summed E-state index contributed by atoms with van der Waals surface area (Å²) in [4.78, 5) is 14.5. The lowest BCUT2D eigenvalue weighted by Gasteiger charge is -2.33. The van der Waals surface area contributed by atoms with Crippen molar-refractivity contribution in [2.24, 2.45) is 7.05 Å². The van der Waals surface area contributed by atoms with Crippen LogP contribution >= 0.6 is 0 Å². The molecule has 2 aromatic rings. The van der Waals surface area contributed by atoms with Gasteiger partial charge >= 0.3 is 0 Å². The highest BCUT2D eigenvalue weighted by molar-refractivity contribution is 7.89. The van der Waals surface area contributed by atoms with Gasteiger partial charge in [-0.3, -0.25) is 9.48 Å². The summed E-state index contributed by atoms with van der Waals surface area (Å²) in [5.74, 6) is 0.867. The molecule has 1 saturated heterocycles. The van der Waals surface area contributed by atoms with E-state index in [0.717, 1.165) is 23.4 Å². The Labute approximate surface area is 188 Å². The van der Waals surface area contributed by atoms with Gasteiger partial charge in [0.15, 0.2) is 11.5 Å². The number of carbonyl (C=O) groups is 1. The highest BCUT2D eigenvalue weighted by atomic mass is 32.2. The SMILES string of the molecule is Cc1nn(C)c(C)c1/C=C/C(=O)N1CCN(S(=O)(=O)c2ccc3c(c2)OCCCO3)CC1. The number of hydrogen-bond acceptors (Lipinski definition) is 6. The molecule has 1 aromatic heterocycles. The molecular weight excluding hydrogens is 432 g/mol. The molecule has 0 atom stereocenters. The van der Waals surface area contributed by atoms with Crippen LogP contribution in [0.25, 0.3) is 6.08 Å². The molecule has 172 valence electrons. The number of ether oxygens (including phenoxy) is 2. The van der Waals surface area contributed by atoms with Crippen LogP contribution in [0.2, 0.25) is 0 Å². The van der Waals surface area contributed by atoms with E-state index in [1.807, 2.05) is 20.9 Å². The number of aryl methyl sites for hydroxylation is 2. The minimum Gasteiger partial charge on any atom is -0.490 e. The standard InChI is InChI=1S/C22H28N4O5S/c1-16-19(17(2)24(3)23-16)6-8-22(27)25-9-11-26(12-10-25)32(28,29)18-5-7-20-21(15-18)31-14-4-13-30-20/h5-8,15H,4,9-14H2,1-3H3/b8-6+. The average molecular weight is 461 g/mol. The number of fused-ring (bicyclic) bond motifs is 1. The Hall–Kier alpha value is -2.85. The molecule has 10 heteroatoms. The fourth-order valence-corrected chi connectivity index (χ4v) is 5.33. The third-order valence-corrected chi connectivity index (χ3v) is 7.76. The van der Waals surface area contributed by atoms with Crippen molar-refractivity contribution in [3.05, 3.63) is 41.2 Å². The first-order valence-electron chi connectivity index (χ1n) is 10.6. The maximum Gasteiger partial charge on any atom is 0.246 e. The fraction of sp³-hybridized carbons (Fsp3) is 0.455. The van der Waals surface area contributed by atoms with Gasteiger partial charge < -0.3 is 14.4 Å². The van der Waals surface area contributed by atoms with E-state index in [4.69, 9.17) is 9.47 Å². The van der Waals surface area contributed by atoms with Crippen LogP contribution in [-0.4, -0.2) is 72.7 Å². The molecule has 0 spiro atoms. The van der Waals surface area contributed by atoms with Crippen LogP contribution in [0.5, 0.6) is 11.5 Å². The van der Waals surface area contributed by atoms with Crippen molar-refractivity contribution in [1.82, 2.24) is 19.0 Å².